The van der Waals surface area contributed by atoms with E-state index in [1.807, 2.05) is 13.0 Å². The second-order valence-corrected chi connectivity index (χ2v) is 8.07. The smallest absolute Gasteiger partial charge is 0.263 e. The molecule has 10 heteroatoms. The van der Waals surface area contributed by atoms with Gasteiger partial charge < -0.3 is 10.3 Å². The van der Waals surface area contributed by atoms with Crippen LogP contribution in [-0.4, -0.2) is 24.5 Å². The largest absolute Gasteiger partial charge is 0.360 e. The van der Waals surface area contributed by atoms with Crippen LogP contribution in [0.5, 0.6) is 0 Å². The third kappa shape index (κ3) is 3.47. The zero-order chi connectivity index (χ0) is 22.4. The first-order valence-corrected chi connectivity index (χ1v) is 10.4. The number of aromatic amines is 1. The zero-order valence-corrected chi connectivity index (χ0v) is 18.1. The Hall–Kier alpha value is -3.49. The fraction of sp³-hybridized carbons (Fsp3) is 0.0909. The number of benzene rings is 2. The molecule has 0 aliphatic heterocycles. The van der Waals surface area contributed by atoms with Gasteiger partial charge in [0, 0.05) is 10.7 Å². The van der Waals surface area contributed by atoms with E-state index in [9.17, 15) is 9.18 Å². The Kier molecular flexibility index (Phi) is 5.03. The lowest BCUT2D eigenvalue weighted by molar-refractivity contribution is 0.629. The van der Waals surface area contributed by atoms with Crippen molar-refractivity contribution in [3.63, 3.8) is 0 Å². The summed E-state index contributed by atoms with van der Waals surface area (Å²) in [6, 6.07) is 10.4. The van der Waals surface area contributed by atoms with Gasteiger partial charge in [0.15, 0.2) is 11.5 Å². The summed E-state index contributed by atoms with van der Waals surface area (Å²) >= 11 is 12.5. The maximum absolute atomic E-state index is 13.9. The van der Waals surface area contributed by atoms with Crippen molar-refractivity contribution in [1.29, 1.82) is 0 Å². The summed E-state index contributed by atoms with van der Waals surface area (Å²) in [7, 11) is 0. The van der Waals surface area contributed by atoms with Crippen LogP contribution in [0.4, 0.5) is 10.2 Å². The predicted octanol–water partition coefficient (Wildman–Crippen LogP) is 5.28. The van der Waals surface area contributed by atoms with Crippen LogP contribution in [0.1, 0.15) is 18.7 Å². The van der Waals surface area contributed by atoms with Gasteiger partial charge in [-0.1, -0.05) is 29.3 Å². The third-order valence-corrected chi connectivity index (χ3v) is 5.71. The summed E-state index contributed by atoms with van der Waals surface area (Å²) in [5, 5.41) is 4.87. The number of hydrogen-bond acceptors (Lipinski definition) is 5. The number of halogens is 3. The molecule has 0 radical (unpaired) electrons. The van der Waals surface area contributed by atoms with E-state index < -0.39 is 17.4 Å². The molecule has 0 aliphatic carbocycles. The highest BCUT2D eigenvalue weighted by Gasteiger charge is 2.20. The molecule has 0 saturated carbocycles. The summed E-state index contributed by atoms with van der Waals surface area (Å²) in [4.78, 5) is 29.1. The second-order valence-electron chi connectivity index (χ2n) is 7.23. The SMILES string of the molecule is C[C@H](Nc1ncnc2[nH]cnc12)c1cc2ccc(F)cc2c(=O)n1-c1ccc(Cl)cc1Cl. The summed E-state index contributed by atoms with van der Waals surface area (Å²) in [6.07, 6.45) is 2.95. The Balaban J connectivity index is 1.73. The molecule has 3 heterocycles. The lowest BCUT2D eigenvalue weighted by Gasteiger charge is -2.22. The molecule has 3 aromatic heterocycles. The molecule has 160 valence electrons. The molecule has 0 amide bonds. The van der Waals surface area contributed by atoms with Crippen molar-refractivity contribution < 1.29 is 4.39 Å². The van der Waals surface area contributed by atoms with Crippen LogP contribution in [-0.2, 0) is 0 Å². The number of aromatic nitrogens is 5. The highest BCUT2D eigenvalue weighted by atomic mass is 35.5. The van der Waals surface area contributed by atoms with Crippen molar-refractivity contribution in [2.45, 2.75) is 13.0 Å². The van der Waals surface area contributed by atoms with E-state index in [0.29, 0.717) is 43.8 Å². The molecule has 2 N–H and O–H groups in total. The summed E-state index contributed by atoms with van der Waals surface area (Å²) < 4.78 is 15.4. The van der Waals surface area contributed by atoms with E-state index in [4.69, 9.17) is 23.2 Å². The number of fused-ring (bicyclic) bond motifs is 2. The maximum Gasteiger partial charge on any atom is 0.263 e. The quantitative estimate of drug-likeness (QED) is 0.374. The monoisotopic (exact) mass is 468 g/mol. The lowest BCUT2D eigenvalue weighted by Crippen LogP contribution is -2.26. The molecule has 0 spiro atoms. The van der Waals surface area contributed by atoms with Crippen molar-refractivity contribution in [3.8, 4) is 5.69 Å². The Morgan fingerprint density at radius 2 is 1.94 bits per heavy atom. The molecule has 0 saturated heterocycles. The zero-order valence-electron chi connectivity index (χ0n) is 16.6. The molecular weight excluding hydrogens is 454 g/mol. The summed E-state index contributed by atoms with van der Waals surface area (Å²) in [5.74, 6) is 0.00772. The van der Waals surface area contributed by atoms with E-state index in [2.05, 4.69) is 25.3 Å². The Labute approximate surface area is 190 Å². The Morgan fingerprint density at radius 3 is 2.75 bits per heavy atom. The number of pyridine rings is 1. The Morgan fingerprint density at radius 1 is 1.09 bits per heavy atom. The van der Waals surface area contributed by atoms with Gasteiger partial charge in [0.1, 0.15) is 17.7 Å². The van der Waals surface area contributed by atoms with Crippen molar-refractivity contribution in [2.75, 3.05) is 5.32 Å². The van der Waals surface area contributed by atoms with Crippen LogP contribution < -0.4 is 10.9 Å². The van der Waals surface area contributed by atoms with E-state index in [1.54, 1.807) is 24.3 Å². The van der Waals surface area contributed by atoms with Gasteiger partial charge in [0.2, 0.25) is 0 Å². The molecule has 0 aliphatic rings. The van der Waals surface area contributed by atoms with E-state index in [-0.39, 0.29) is 5.39 Å². The Bertz CT molecular complexity index is 1550. The minimum Gasteiger partial charge on any atom is -0.360 e. The molecule has 32 heavy (non-hydrogen) atoms. The molecular formula is C22H15Cl2FN6O. The predicted molar refractivity (Wildman–Crippen MR) is 123 cm³/mol. The second kappa shape index (κ2) is 7.89. The highest BCUT2D eigenvalue weighted by Crippen LogP contribution is 2.29. The van der Waals surface area contributed by atoms with Crippen LogP contribution in [0.3, 0.4) is 0 Å². The number of hydrogen-bond donors (Lipinski definition) is 2. The molecule has 0 bridgehead atoms. The van der Waals surface area contributed by atoms with Crippen molar-refractivity contribution in [3.05, 3.63) is 87.0 Å². The number of H-pyrrole nitrogens is 1. The molecule has 5 rings (SSSR count). The highest BCUT2D eigenvalue weighted by molar-refractivity contribution is 6.35. The first-order chi connectivity index (χ1) is 15.4. The van der Waals surface area contributed by atoms with Crippen LogP contribution in [0.15, 0.2) is 59.9 Å². The summed E-state index contributed by atoms with van der Waals surface area (Å²) in [6.45, 7) is 1.88. The molecule has 1 atom stereocenters. The van der Waals surface area contributed by atoms with E-state index >= 15 is 0 Å². The van der Waals surface area contributed by atoms with Gasteiger partial charge in [-0.05, 0) is 48.7 Å². The van der Waals surface area contributed by atoms with E-state index in [0.717, 1.165) is 0 Å². The maximum atomic E-state index is 13.9. The van der Waals surface area contributed by atoms with Crippen molar-refractivity contribution in [2.24, 2.45) is 0 Å². The molecule has 0 fully saturated rings. The van der Waals surface area contributed by atoms with Gasteiger partial charge in [0.05, 0.1) is 28.5 Å². The first-order valence-electron chi connectivity index (χ1n) is 9.63. The molecule has 0 unspecified atom stereocenters. The van der Waals surface area contributed by atoms with Crippen molar-refractivity contribution in [1.82, 2.24) is 24.5 Å². The van der Waals surface area contributed by atoms with Gasteiger partial charge in [-0.25, -0.2) is 19.3 Å². The van der Waals surface area contributed by atoms with E-state index in [1.165, 1.54) is 29.4 Å². The number of rotatable bonds is 4. The first kappa shape index (κ1) is 20.4. The van der Waals surface area contributed by atoms with Gasteiger partial charge in [-0.15, -0.1) is 0 Å². The van der Waals surface area contributed by atoms with Gasteiger partial charge in [-0.2, -0.15) is 0 Å². The average Bonchev–Trinajstić information content (AvgIpc) is 3.25. The van der Waals surface area contributed by atoms with Crippen molar-refractivity contribution >= 4 is 51.0 Å². The summed E-state index contributed by atoms with van der Waals surface area (Å²) in [5.41, 5.74) is 1.79. The van der Waals surface area contributed by atoms with Crippen LogP contribution in [0.2, 0.25) is 10.0 Å². The number of nitrogens with one attached hydrogen (secondary N) is 2. The van der Waals surface area contributed by atoms with Gasteiger partial charge >= 0.3 is 0 Å². The standard InChI is InChI=1S/C22H15Cl2FN6O/c1-11(30-21-19-20(27-9-26-19)28-10-29-21)18-6-12-2-4-14(25)8-15(12)22(32)31(18)17-5-3-13(23)7-16(17)24/h2-11H,1H3,(H2,26,27,28,29,30)/t11-/m0/s1. The van der Waals surface area contributed by atoms with Gasteiger partial charge in [-0.3, -0.25) is 9.36 Å². The molecule has 7 nitrogen and oxygen atoms in total. The van der Waals surface area contributed by atoms with Crippen LogP contribution in [0, 0.1) is 5.82 Å². The minimum absolute atomic E-state index is 0.240. The fourth-order valence-corrected chi connectivity index (χ4v) is 4.17. The number of nitrogens with zero attached hydrogens (tertiary/aromatic N) is 4. The third-order valence-electron chi connectivity index (χ3n) is 5.18. The number of anilines is 1. The fourth-order valence-electron chi connectivity index (χ4n) is 3.68. The van der Waals surface area contributed by atoms with Crippen LogP contribution in [0.25, 0.3) is 27.6 Å². The molecule has 2 aromatic carbocycles. The number of imidazole rings is 1. The lowest BCUT2D eigenvalue weighted by atomic mass is 10.1. The topological polar surface area (TPSA) is 88.5 Å². The van der Waals surface area contributed by atoms with Crippen LogP contribution >= 0.6 is 23.2 Å². The average molecular weight is 469 g/mol. The minimum atomic E-state index is -0.496. The van der Waals surface area contributed by atoms with Gasteiger partial charge in [0.25, 0.3) is 5.56 Å². The normalized spacial score (nSPS) is 12.4. The molecule has 5 aromatic rings.